The van der Waals surface area contributed by atoms with Gasteiger partial charge in [-0.25, -0.2) is 9.59 Å². The van der Waals surface area contributed by atoms with Gasteiger partial charge in [0.1, 0.15) is 5.60 Å². The molecule has 0 aromatic rings. The van der Waals surface area contributed by atoms with Crippen molar-refractivity contribution < 1.29 is 19.4 Å². The topological polar surface area (TPSA) is 89.6 Å². The summed E-state index contributed by atoms with van der Waals surface area (Å²) in [6.45, 7) is 6.49. The predicted octanol–water partition coefficient (Wildman–Crippen LogP) is 0.520. The van der Waals surface area contributed by atoms with E-state index in [-0.39, 0.29) is 6.42 Å². The molecule has 0 aliphatic carbocycles. The molecule has 0 radical (unpaired) electrons. The number of ether oxygens (including phenoxy) is 1. The Labute approximate surface area is 83.2 Å². The number of carboxylic acid groups (broad SMARTS) is 1. The Morgan fingerprint density at radius 1 is 1.36 bits per heavy atom. The first-order chi connectivity index (χ1) is 6.13. The summed E-state index contributed by atoms with van der Waals surface area (Å²) in [5.74, 6) is -2.27. The molecule has 82 valence electrons. The van der Waals surface area contributed by atoms with E-state index in [0.717, 1.165) is 0 Å². The van der Waals surface area contributed by atoms with E-state index in [0.29, 0.717) is 0 Å². The summed E-state index contributed by atoms with van der Waals surface area (Å²) < 4.78 is 4.91. The van der Waals surface area contributed by atoms with Gasteiger partial charge in [0.25, 0.3) is 0 Å². The number of hydrogen-bond acceptors (Lipinski definition) is 4. The van der Waals surface area contributed by atoms with Crippen LogP contribution in [0.5, 0.6) is 0 Å². The summed E-state index contributed by atoms with van der Waals surface area (Å²) in [6.07, 6.45) is -0.00273. The third-order valence-corrected chi connectivity index (χ3v) is 1.70. The van der Waals surface area contributed by atoms with Crippen molar-refractivity contribution in [2.24, 2.45) is 5.73 Å². The molecule has 0 fully saturated rings. The van der Waals surface area contributed by atoms with Crippen LogP contribution >= 0.6 is 0 Å². The zero-order chi connectivity index (χ0) is 11.6. The van der Waals surface area contributed by atoms with Gasteiger partial charge in [-0.15, -0.1) is 0 Å². The van der Waals surface area contributed by atoms with Gasteiger partial charge < -0.3 is 15.6 Å². The summed E-state index contributed by atoms with van der Waals surface area (Å²) in [5.41, 5.74) is 2.75. The summed E-state index contributed by atoms with van der Waals surface area (Å²) >= 11 is 0. The van der Waals surface area contributed by atoms with Crippen LogP contribution in [0.3, 0.4) is 0 Å². The fourth-order valence-electron chi connectivity index (χ4n) is 0.752. The second-order valence-corrected chi connectivity index (χ2v) is 4.13. The Kier molecular flexibility index (Phi) is 3.65. The second-order valence-electron chi connectivity index (χ2n) is 4.13. The number of aliphatic carboxylic acids is 1. The minimum atomic E-state index is -1.94. The zero-order valence-electron chi connectivity index (χ0n) is 8.96. The zero-order valence-corrected chi connectivity index (χ0v) is 8.96. The minimum Gasteiger partial charge on any atom is -0.479 e. The maximum absolute atomic E-state index is 11.4. The van der Waals surface area contributed by atoms with Crippen molar-refractivity contribution in [2.45, 2.75) is 45.3 Å². The Hall–Kier alpha value is -1.10. The lowest BCUT2D eigenvalue weighted by Gasteiger charge is -2.27. The monoisotopic (exact) mass is 203 g/mol. The molecule has 0 unspecified atom stereocenters. The number of nitrogens with two attached hydrogens (primary N) is 1. The van der Waals surface area contributed by atoms with E-state index < -0.39 is 23.1 Å². The number of carbonyl (C=O) groups is 2. The van der Waals surface area contributed by atoms with Gasteiger partial charge in [-0.05, 0) is 27.2 Å². The van der Waals surface area contributed by atoms with Gasteiger partial charge in [0.15, 0.2) is 0 Å². The Bertz CT molecular complexity index is 244. The van der Waals surface area contributed by atoms with Crippen molar-refractivity contribution in [3.8, 4) is 0 Å². The molecule has 0 amide bonds. The van der Waals surface area contributed by atoms with E-state index in [4.69, 9.17) is 15.6 Å². The van der Waals surface area contributed by atoms with E-state index in [1.165, 1.54) is 6.92 Å². The predicted molar refractivity (Wildman–Crippen MR) is 50.7 cm³/mol. The van der Waals surface area contributed by atoms with Crippen LogP contribution < -0.4 is 5.73 Å². The first-order valence-electron chi connectivity index (χ1n) is 4.39. The normalized spacial score (nSPS) is 15.8. The van der Waals surface area contributed by atoms with Gasteiger partial charge >= 0.3 is 11.9 Å². The third-order valence-electron chi connectivity index (χ3n) is 1.70. The van der Waals surface area contributed by atoms with Gasteiger partial charge in [-0.2, -0.15) is 0 Å². The molecule has 0 aliphatic rings. The van der Waals surface area contributed by atoms with Crippen molar-refractivity contribution in [3.05, 3.63) is 0 Å². The average Bonchev–Trinajstić information content (AvgIpc) is 1.99. The van der Waals surface area contributed by atoms with Gasteiger partial charge in [0, 0.05) is 0 Å². The van der Waals surface area contributed by atoms with Crippen LogP contribution in [-0.2, 0) is 14.3 Å². The highest BCUT2D eigenvalue weighted by Crippen LogP contribution is 2.15. The molecule has 3 N–H and O–H groups in total. The van der Waals surface area contributed by atoms with Crippen LogP contribution in [0.2, 0.25) is 0 Å². The number of carbonyl (C=O) groups excluding carboxylic acids is 1. The first kappa shape index (κ1) is 12.9. The van der Waals surface area contributed by atoms with Crippen LogP contribution in [0.1, 0.15) is 34.1 Å². The average molecular weight is 203 g/mol. The summed E-state index contributed by atoms with van der Waals surface area (Å²) in [6, 6.07) is 0. The molecule has 0 saturated heterocycles. The molecule has 0 saturated carbocycles. The summed E-state index contributed by atoms with van der Waals surface area (Å²) in [4.78, 5) is 22.2. The molecular weight excluding hydrogens is 186 g/mol. The lowest BCUT2D eigenvalue weighted by atomic mass is 9.98. The van der Waals surface area contributed by atoms with E-state index >= 15 is 0 Å². The van der Waals surface area contributed by atoms with E-state index in [9.17, 15) is 9.59 Å². The van der Waals surface area contributed by atoms with E-state index in [1.807, 2.05) is 0 Å². The first-order valence-corrected chi connectivity index (χ1v) is 4.39. The van der Waals surface area contributed by atoms with Crippen LogP contribution in [0.15, 0.2) is 0 Å². The molecule has 5 heteroatoms. The van der Waals surface area contributed by atoms with Crippen LogP contribution in [0.4, 0.5) is 0 Å². The third kappa shape index (κ3) is 2.99. The Balaban J connectivity index is 4.73. The van der Waals surface area contributed by atoms with Gasteiger partial charge in [0.05, 0.1) is 0 Å². The number of carboxylic acids is 1. The van der Waals surface area contributed by atoms with Crippen molar-refractivity contribution in [3.63, 3.8) is 0 Å². The van der Waals surface area contributed by atoms with Gasteiger partial charge in [-0.3, -0.25) is 0 Å². The maximum Gasteiger partial charge on any atom is 0.338 e. The number of rotatable bonds is 3. The van der Waals surface area contributed by atoms with E-state index in [2.05, 4.69) is 0 Å². The second kappa shape index (κ2) is 3.96. The molecule has 0 rings (SSSR count). The van der Waals surface area contributed by atoms with Crippen molar-refractivity contribution in [1.29, 1.82) is 0 Å². The van der Waals surface area contributed by atoms with Crippen molar-refractivity contribution in [2.75, 3.05) is 0 Å². The molecule has 14 heavy (non-hydrogen) atoms. The summed E-state index contributed by atoms with van der Waals surface area (Å²) in [5, 5.41) is 8.77. The molecule has 0 heterocycles. The maximum atomic E-state index is 11.4. The Morgan fingerprint density at radius 3 is 2.00 bits per heavy atom. The highest BCUT2D eigenvalue weighted by molar-refractivity contribution is 6.03. The molecule has 0 aromatic carbocycles. The molecule has 0 spiro atoms. The number of esters is 1. The minimum absolute atomic E-state index is 0.00273. The van der Waals surface area contributed by atoms with Crippen molar-refractivity contribution in [1.82, 2.24) is 0 Å². The lowest BCUT2D eigenvalue weighted by Crippen LogP contribution is -2.56. The van der Waals surface area contributed by atoms with Gasteiger partial charge in [-0.1, -0.05) is 6.92 Å². The fraction of sp³-hybridized carbons (Fsp3) is 0.778. The molecule has 0 aromatic heterocycles. The molecule has 0 aliphatic heterocycles. The SMILES string of the molecule is CC[C@](N)(C(=O)O)C(=O)OC(C)(C)C. The quantitative estimate of drug-likeness (QED) is 0.515. The molecule has 1 atom stereocenters. The molecule has 0 bridgehead atoms. The largest absolute Gasteiger partial charge is 0.479 e. The van der Waals surface area contributed by atoms with Gasteiger partial charge in [0.2, 0.25) is 5.54 Å². The number of hydrogen-bond donors (Lipinski definition) is 2. The smallest absolute Gasteiger partial charge is 0.338 e. The Morgan fingerprint density at radius 2 is 1.79 bits per heavy atom. The van der Waals surface area contributed by atoms with Crippen LogP contribution in [-0.4, -0.2) is 28.2 Å². The molecule has 5 nitrogen and oxygen atoms in total. The van der Waals surface area contributed by atoms with Crippen LogP contribution in [0, 0.1) is 0 Å². The lowest BCUT2D eigenvalue weighted by molar-refractivity contribution is -0.169. The highest BCUT2D eigenvalue weighted by Gasteiger charge is 2.43. The summed E-state index contributed by atoms with van der Waals surface area (Å²) in [7, 11) is 0. The standard InChI is InChI=1S/C9H17NO4/c1-5-9(10,6(11)12)7(13)14-8(2,3)4/h5,10H2,1-4H3,(H,11,12)/t9-/m0/s1. The molecular formula is C9H17NO4. The highest BCUT2D eigenvalue weighted by atomic mass is 16.6. The fourth-order valence-corrected chi connectivity index (χ4v) is 0.752. The van der Waals surface area contributed by atoms with E-state index in [1.54, 1.807) is 20.8 Å². The van der Waals surface area contributed by atoms with Crippen LogP contribution in [0.25, 0.3) is 0 Å². The van der Waals surface area contributed by atoms with Crippen molar-refractivity contribution >= 4 is 11.9 Å².